The van der Waals surface area contributed by atoms with Crippen LogP contribution in [0.3, 0.4) is 0 Å². The van der Waals surface area contributed by atoms with E-state index in [1.807, 2.05) is 18.2 Å². The van der Waals surface area contributed by atoms with Crippen molar-refractivity contribution >= 4 is 38.9 Å². The van der Waals surface area contributed by atoms with Crippen LogP contribution in [0.5, 0.6) is 0 Å². The summed E-state index contributed by atoms with van der Waals surface area (Å²) in [5, 5.41) is 9.53. The van der Waals surface area contributed by atoms with E-state index in [1.54, 1.807) is 12.3 Å². The number of hydrogen-bond acceptors (Lipinski definition) is 1. The normalized spacial score (nSPS) is 11.3. The van der Waals surface area contributed by atoms with Gasteiger partial charge >= 0.3 is 5.97 Å². The number of carbonyl (C=O) groups is 1. The number of hydrogen-bond donors (Lipinski definition) is 2. The van der Waals surface area contributed by atoms with Gasteiger partial charge in [-0.05, 0) is 24.3 Å². The molecule has 2 rings (SSSR count). The third-order valence-corrected chi connectivity index (χ3v) is 2.57. The first-order chi connectivity index (χ1) is 7.16. The van der Waals surface area contributed by atoms with Crippen molar-refractivity contribution in [1.82, 2.24) is 4.98 Å². The van der Waals surface area contributed by atoms with Crippen LogP contribution in [0.1, 0.15) is 5.56 Å². The molecule has 1 aromatic heterocycles. The maximum absolute atomic E-state index is 10.4. The fourth-order valence-electron chi connectivity index (χ4n) is 1.41. The quantitative estimate of drug-likeness (QED) is 0.821. The second kappa shape index (κ2) is 3.90. The molecule has 0 saturated heterocycles. The molecular formula is C11H8BrNO2. The minimum Gasteiger partial charge on any atom is -0.478 e. The molecule has 1 heterocycles. The van der Waals surface area contributed by atoms with Gasteiger partial charge in [0.05, 0.1) is 0 Å². The fraction of sp³-hybridized carbons (Fsp3) is 0. The van der Waals surface area contributed by atoms with Crippen LogP contribution in [0.2, 0.25) is 0 Å². The largest absolute Gasteiger partial charge is 0.478 e. The molecule has 3 nitrogen and oxygen atoms in total. The van der Waals surface area contributed by atoms with Crippen molar-refractivity contribution in [3.8, 4) is 0 Å². The number of H-pyrrole nitrogens is 1. The molecule has 0 fully saturated rings. The van der Waals surface area contributed by atoms with Crippen LogP contribution in [0.4, 0.5) is 0 Å². The zero-order valence-electron chi connectivity index (χ0n) is 7.70. The Balaban J connectivity index is 2.52. The van der Waals surface area contributed by atoms with Gasteiger partial charge in [0, 0.05) is 33.2 Å². The molecule has 4 heteroatoms. The van der Waals surface area contributed by atoms with Gasteiger partial charge in [-0.3, -0.25) is 0 Å². The highest BCUT2D eigenvalue weighted by Gasteiger charge is 2.01. The zero-order chi connectivity index (χ0) is 10.8. The minimum atomic E-state index is -0.945. The highest BCUT2D eigenvalue weighted by molar-refractivity contribution is 9.10. The second-order valence-electron chi connectivity index (χ2n) is 3.11. The van der Waals surface area contributed by atoms with Gasteiger partial charge in [0.1, 0.15) is 0 Å². The van der Waals surface area contributed by atoms with Gasteiger partial charge in [0.2, 0.25) is 0 Å². The number of carboxylic acid groups (broad SMARTS) is 1. The molecule has 0 atom stereocenters. The fourth-order valence-corrected chi connectivity index (χ4v) is 1.77. The lowest BCUT2D eigenvalue weighted by Gasteiger charge is -1.93. The predicted molar refractivity (Wildman–Crippen MR) is 62.7 cm³/mol. The first-order valence-corrected chi connectivity index (χ1v) is 5.14. The van der Waals surface area contributed by atoms with Crippen LogP contribution in [-0.4, -0.2) is 16.1 Å². The SMILES string of the molecule is O=C(O)/C=C/c1c[nH]c2ccc(Br)cc12. The summed E-state index contributed by atoms with van der Waals surface area (Å²) in [6, 6.07) is 5.83. The summed E-state index contributed by atoms with van der Waals surface area (Å²) in [4.78, 5) is 13.5. The van der Waals surface area contributed by atoms with E-state index in [0.29, 0.717) is 0 Å². The number of rotatable bonds is 2. The molecule has 0 amide bonds. The van der Waals surface area contributed by atoms with Crippen molar-refractivity contribution in [2.75, 3.05) is 0 Å². The van der Waals surface area contributed by atoms with E-state index in [4.69, 9.17) is 5.11 Å². The maximum atomic E-state index is 10.4. The predicted octanol–water partition coefficient (Wildman–Crippen LogP) is 3.03. The number of aromatic amines is 1. The van der Waals surface area contributed by atoms with Crippen molar-refractivity contribution < 1.29 is 9.90 Å². The van der Waals surface area contributed by atoms with Gasteiger partial charge in [-0.1, -0.05) is 15.9 Å². The summed E-state index contributed by atoms with van der Waals surface area (Å²) in [6.07, 6.45) is 4.49. The van der Waals surface area contributed by atoms with Gasteiger partial charge in [-0.15, -0.1) is 0 Å². The van der Waals surface area contributed by atoms with Gasteiger partial charge in [0.15, 0.2) is 0 Å². The number of aromatic nitrogens is 1. The van der Waals surface area contributed by atoms with E-state index in [9.17, 15) is 4.79 Å². The molecule has 0 saturated carbocycles. The molecule has 0 unspecified atom stereocenters. The van der Waals surface area contributed by atoms with Crippen LogP contribution >= 0.6 is 15.9 Å². The molecule has 0 bridgehead atoms. The third-order valence-electron chi connectivity index (χ3n) is 2.08. The molecule has 76 valence electrons. The molecule has 0 aliphatic carbocycles. The highest BCUT2D eigenvalue weighted by Crippen LogP contribution is 2.23. The van der Waals surface area contributed by atoms with E-state index in [1.165, 1.54) is 0 Å². The first-order valence-electron chi connectivity index (χ1n) is 4.34. The Kier molecular flexibility index (Phi) is 2.60. The van der Waals surface area contributed by atoms with Crippen LogP contribution < -0.4 is 0 Å². The smallest absolute Gasteiger partial charge is 0.328 e. The Hall–Kier alpha value is -1.55. The lowest BCUT2D eigenvalue weighted by atomic mass is 10.1. The Morgan fingerprint density at radius 3 is 3.00 bits per heavy atom. The van der Waals surface area contributed by atoms with Gasteiger partial charge < -0.3 is 10.1 Å². The van der Waals surface area contributed by atoms with Crippen molar-refractivity contribution in [3.05, 3.63) is 40.5 Å². The Morgan fingerprint density at radius 1 is 1.47 bits per heavy atom. The van der Waals surface area contributed by atoms with Crippen molar-refractivity contribution in [1.29, 1.82) is 0 Å². The van der Waals surface area contributed by atoms with Crippen molar-refractivity contribution in [2.24, 2.45) is 0 Å². The van der Waals surface area contributed by atoms with Crippen LogP contribution in [-0.2, 0) is 4.79 Å². The third kappa shape index (κ3) is 2.10. The Morgan fingerprint density at radius 2 is 2.27 bits per heavy atom. The molecule has 2 N–H and O–H groups in total. The molecular weight excluding hydrogens is 258 g/mol. The number of carboxylic acids is 1. The van der Waals surface area contributed by atoms with E-state index in [0.717, 1.165) is 27.0 Å². The average molecular weight is 266 g/mol. The van der Waals surface area contributed by atoms with E-state index in [2.05, 4.69) is 20.9 Å². The summed E-state index contributed by atoms with van der Waals surface area (Å²) < 4.78 is 0.972. The Bertz CT molecular complexity index is 543. The number of benzene rings is 1. The second-order valence-corrected chi connectivity index (χ2v) is 4.02. The van der Waals surface area contributed by atoms with E-state index < -0.39 is 5.97 Å². The standard InChI is InChI=1S/C11H8BrNO2/c12-8-2-3-10-9(5-8)7(6-13-10)1-4-11(14)15/h1-6,13H,(H,14,15)/b4-1+. The van der Waals surface area contributed by atoms with E-state index >= 15 is 0 Å². The van der Waals surface area contributed by atoms with Crippen LogP contribution in [0.15, 0.2) is 34.9 Å². The summed E-state index contributed by atoms with van der Waals surface area (Å²) in [7, 11) is 0. The first kappa shape index (κ1) is 9.98. The molecule has 0 radical (unpaired) electrons. The number of halogens is 1. The molecule has 15 heavy (non-hydrogen) atoms. The maximum Gasteiger partial charge on any atom is 0.328 e. The number of fused-ring (bicyclic) bond motifs is 1. The monoisotopic (exact) mass is 265 g/mol. The van der Waals surface area contributed by atoms with Gasteiger partial charge in [-0.25, -0.2) is 4.79 Å². The van der Waals surface area contributed by atoms with Crippen molar-refractivity contribution in [2.45, 2.75) is 0 Å². The summed E-state index contributed by atoms with van der Waals surface area (Å²) in [6.45, 7) is 0. The summed E-state index contributed by atoms with van der Waals surface area (Å²) in [5.41, 5.74) is 1.86. The molecule has 2 aromatic rings. The lowest BCUT2D eigenvalue weighted by Crippen LogP contribution is -1.84. The molecule has 0 aliphatic rings. The Labute approximate surface area is 94.6 Å². The zero-order valence-corrected chi connectivity index (χ0v) is 9.28. The lowest BCUT2D eigenvalue weighted by molar-refractivity contribution is -0.131. The minimum absolute atomic E-state index is 0.869. The van der Waals surface area contributed by atoms with Gasteiger partial charge in [-0.2, -0.15) is 0 Å². The molecule has 0 aliphatic heterocycles. The summed E-state index contributed by atoms with van der Waals surface area (Å²) >= 11 is 3.38. The average Bonchev–Trinajstić information content (AvgIpc) is 2.57. The highest BCUT2D eigenvalue weighted by atomic mass is 79.9. The number of nitrogens with one attached hydrogen (secondary N) is 1. The molecule has 0 spiro atoms. The topological polar surface area (TPSA) is 53.1 Å². The van der Waals surface area contributed by atoms with E-state index in [-0.39, 0.29) is 0 Å². The van der Waals surface area contributed by atoms with Crippen LogP contribution in [0.25, 0.3) is 17.0 Å². The summed E-state index contributed by atoms with van der Waals surface area (Å²) in [5.74, 6) is -0.945. The van der Waals surface area contributed by atoms with Gasteiger partial charge in [0.25, 0.3) is 0 Å². The van der Waals surface area contributed by atoms with Crippen molar-refractivity contribution in [3.63, 3.8) is 0 Å². The van der Waals surface area contributed by atoms with Crippen LogP contribution in [0, 0.1) is 0 Å². The number of aliphatic carboxylic acids is 1. The molecule has 1 aromatic carbocycles.